The molecule has 1 fully saturated rings. The number of nitrogens with zero attached hydrogens (tertiary/aromatic N) is 1. The monoisotopic (exact) mass is 355 g/mol. The van der Waals surface area contributed by atoms with E-state index in [9.17, 15) is 16.8 Å². The topological polar surface area (TPSA) is 124 Å². The highest BCUT2D eigenvalue weighted by Gasteiger charge is 2.28. The molecule has 0 spiro atoms. The molecule has 120 valence electrons. The smallest absolute Gasteiger partial charge is 0.243 e. The van der Waals surface area contributed by atoms with Crippen molar-refractivity contribution in [2.75, 3.05) is 13.1 Å². The van der Waals surface area contributed by atoms with Crippen LogP contribution in [0.2, 0.25) is 0 Å². The maximum atomic E-state index is 12.4. The van der Waals surface area contributed by atoms with E-state index >= 15 is 0 Å². The Morgan fingerprint density at radius 3 is 2.10 bits per heavy atom. The molecule has 4 N–H and O–H groups in total. The number of benzene rings is 1. The largest absolute Gasteiger partial charge is 0.328 e. The van der Waals surface area contributed by atoms with E-state index in [1.807, 2.05) is 0 Å². The molecule has 1 aliphatic heterocycles. The summed E-state index contributed by atoms with van der Waals surface area (Å²) < 4.78 is 48.7. The van der Waals surface area contributed by atoms with Crippen molar-refractivity contribution in [1.82, 2.24) is 4.31 Å². The number of piperidine rings is 1. The zero-order valence-electron chi connectivity index (χ0n) is 11.2. The summed E-state index contributed by atoms with van der Waals surface area (Å²) in [5.74, 6) is 0. The molecule has 1 heterocycles. The van der Waals surface area contributed by atoms with Crippen molar-refractivity contribution < 1.29 is 16.8 Å². The number of hydrogen-bond donors (Lipinski definition) is 2. The van der Waals surface area contributed by atoms with Gasteiger partial charge in [0.05, 0.1) is 9.79 Å². The van der Waals surface area contributed by atoms with Gasteiger partial charge in [-0.25, -0.2) is 22.0 Å². The Bertz CT molecular complexity index is 698. The predicted molar refractivity (Wildman–Crippen MR) is 81.0 cm³/mol. The van der Waals surface area contributed by atoms with Gasteiger partial charge in [0, 0.05) is 19.1 Å². The lowest BCUT2D eigenvalue weighted by molar-refractivity contribution is 0.320. The summed E-state index contributed by atoms with van der Waals surface area (Å²) in [5.41, 5.74) is 5.74. The zero-order chi connectivity index (χ0) is 15.0. The lowest BCUT2D eigenvalue weighted by atomic mass is 10.1. The van der Waals surface area contributed by atoms with Crippen LogP contribution in [0, 0.1) is 0 Å². The maximum Gasteiger partial charge on any atom is 0.243 e. The Morgan fingerprint density at radius 1 is 1.05 bits per heavy atom. The maximum absolute atomic E-state index is 12.4. The van der Waals surface area contributed by atoms with E-state index in [2.05, 4.69) is 0 Å². The Hall–Kier alpha value is -0.710. The Kier molecular flexibility index (Phi) is 5.76. The van der Waals surface area contributed by atoms with Crippen LogP contribution >= 0.6 is 12.4 Å². The lowest BCUT2D eigenvalue weighted by Gasteiger charge is -2.29. The van der Waals surface area contributed by atoms with Gasteiger partial charge in [0.1, 0.15) is 0 Å². The van der Waals surface area contributed by atoms with E-state index in [-0.39, 0.29) is 28.2 Å². The van der Waals surface area contributed by atoms with Gasteiger partial charge >= 0.3 is 0 Å². The van der Waals surface area contributed by atoms with Crippen LogP contribution in [0.1, 0.15) is 12.8 Å². The standard InChI is InChI=1S/C11H17N3O4S2.ClH/c12-9-4-6-14(7-5-9)20(17,18)11-3-1-2-10(8-11)19(13,15)16;/h1-3,8-9H,4-7,12H2,(H2,13,15,16);1H. The van der Waals surface area contributed by atoms with E-state index in [0.717, 1.165) is 6.07 Å². The number of halogens is 1. The van der Waals surface area contributed by atoms with E-state index < -0.39 is 20.0 Å². The Balaban J connectivity index is 0.00000220. The minimum Gasteiger partial charge on any atom is -0.328 e. The summed E-state index contributed by atoms with van der Waals surface area (Å²) in [7, 11) is -7.64. The molecule has 0 aliphatic carbocycles. The molecule has 0 unspecified atom stereocenters. The van der Waals surface area contributed by atoms with Gasteiger partial charge in [0.25, 0.3) is 0 Å². The summed E-state index contributed by atoms with van der Waals surface area (Å²) in [6.45, 7) is 0.673. The van der Waals surface area contributed by atoms with Crippen molar-refractivity contribution in [3.05, 3.63) is 24.3 Å². The van der Waals surface area contributed by atoms with Gasteiger partial charge in [0.2, 0.25) is 20.0 Å². The second-order valence-electron chi connectivity index (χ2n) is 4.76. The summed E-state index contributed by atoms with van der Waals surface area (Å²) in [5, 5.41) is 5.01. The normalized spacial score (nSPS) is 18.2. The number of primary sulfonamides is 1. The molecule has 0 amide bonds. The van der Waals surface area contributed by atoms with Gasteiger partial charge in [-0.2, -0.15) is 4.31 Å². The SMILES string of the molecule is Cl.NC1CCN(S(=O)(=O)c2cccc(S(N)(=O)=O)c2)CC1. The molecule has 21 heavy (non-hydrogen) atoms. The van der Waals surface area contributed by atoms with Crippen LogP contribution < -0.4 is 10.9 Å². The second-order valence-corrected chi connectivity index (χ2v) is 8.26. The summed E-state index contributed by atoms with van der Waals surface area (Å²) in [6.07, 6.45) is 1.18. The lowest BCUT2D eigenvalue weighted by Crippen LogP contribution is -2.42. The average molecular weight is 356 g/mol. The molecule has 1 saturated heterocycles. The van der Waals surface area contributed by atoms with E-state index in [4.69, 9.17) is 10.9 Å². The molecule has 0 radical (unpaired) electrons. The molecule has 0 aromatic heterocycles. The van der Waals surface area contributed by atoms with Gasteiger partial charge in [-0.05, 0) is 31.0 Å². The minimum absolute atomic E-state index is 0. The van der Waals surface area contributed by atoms with Crippen molar-refractivity contribution in [1.29, 1.82) is 0 Å². The van der Waals surface area contributed by atoms with Crippen molar-refractivity contribution >= 4 is 32.5 Å². The van der Waals surface area contributed by atoms with Crippen molar-refractivity contribution in [2.24, 2.45) is 10.9 Å². The van der Waals surface area contributed by atoms with Crippen LogP contribution in [0.5, 0.6) is 0 Å². The Labute approximate surface area is 130 Å². The predicted octanol–water partition coefficient (Wildman–Crippen LogP) is -0.132. The fraction of sp³-hybridized carbons (Fsp3) is 0.455. The molecule has 1 aliphatic rings. The minimum atomic E-state index is -3.93. The van der Waals surface area contributed by atoms with E-state index in [0.29, 0.717) is 25.9 Å². The third-order valence-electron chi connectivity index (χ3n) is 3.27. The number of sulfonamides is 2. The highest BCUT2D eigenvalue weighted by Crippen LogP contribution is 2.22. The first-order chi connectivity index (χ1) is 9.21. The number of hydrogen-bond acceptors (Lipinski definition) is 5. The highest BCUT2D eigenvalue weighted by molar-refractivity contribution is 7.90. The fourth-order valence-electron chi connectivity index (χ4n) is 2.08. The molecule has 7 nitrogen and oxygen atoms in total. The third-order valence-corrected chi connectivity index (χ3v) is 6.08. The summed E-state index contributed by atoms with van der Waals surface area (Å²) in [6, 6.07) is 5.08. The first-order valence-electron chi connectivity index (χ1n) is 6.10. The van der Waals surface area contributed by atoms with E-state index in [1.54, 1.807) is 0 Å². The summed E-state index contributed by atoms with van der Waals surface area (Å²) >= 11 is 0. The molecule has 1 aromatic rings. The molecular weight excluding hydrogens is 338 g/mol. The van der Waals surface area contributed by atoms with Gasteiger partial charge in [0.15, 0.2) is 0 Å². The van der Waals surface area contributed by atoms with Crippen molar-refractivity contribution in [3.8, 4) is 0 Å². The molecule has 10 heteroatoms. The van der Waals surface area contributed by atoms with Crippen molar-refractivity contribution in [2.45, 2.75) is 28.7 Å². The average Bonchev–Trinajstić information content (AvgIpc) is 2.38. The zero-order valence-corrected chi connectivity index (χ0v) is 13.6. The first kappa shape index (κ1) is 18.3. The van der Waals surface area contributed by atoms with Gasteiger partial charge in [-0.1, -0.05) is 6.07 Å². The molecule has 2 rings (SSSR count). The molecule has 0 atom stereocenters. The van der Waals surface area contributed by atoms with E-state index in [1.165, 1.54) is 22.5 Å². The van der Waals surface area contributed by atoms with Crippen LogP contribution in [0.4, 0.5) is 0 Å². The van der Waals surface area contributed by atoms with Gasteiger partial charge < -0.3 is 5.73 Å². The molecule has 0 bridgehead atoms. The first-order valence-corrected chi connectivity index (χ1v) is 9.08. The second kappa shape index (κ2) is 6.59. The van der Waals surface area contributed by atoms with Crippen LogP contribution in [0.25, 0.3) is 0 Å². The number of nitrogens with two attached hydrogens (primary N) is 2. The molecule has 0 saturated carbocycles. The van der Waals surface area contributed by atoms with Gasteiger partial charge in [-0.3, -0.25) is 0 Å². The number of rotatable bonds is 3. The molecule has 1 aromatic carbocycles. The highest BCUT2D eigenvalue weighted by atomic mass is 35.5. The van der Waals surface area contributed by atoms with Crippen LogP contribution in [-0.2, 0) is 20.0 Å². The molecular formula is C11H18ClN3O4S2. The van der Waals surface area contributed by atoms with Crippen LogP contribution in [0.15, 0.2) is 34.1 Å². The van der Waals surface area contributed by atoms with Gasteiger partial charge in [-0.15, -0.1) is 12.4 Å². The Morgan fingerprint density at radius 2 is 1.57 bits per heavy atom. The van der Waals surface area contributed by atoms with Crippen molar-refractivity contribution in [3.63, 3.8) is 0 Å². The third kappa shape index (κ3) is 4.15. The fourth-order valence-corrected chi connectivity index (χ4v) is 4.23. The van der Waals surface area contributed by atoms with Crippen LogP contribution in [0.3, 0.4) is 0 Å². The quantitative estimate of drug-likeness (QED) is 0.781. The summed E-state index contributed by atoms with van der Waals surface area (Å²) in [4.78, 5) is -0.285. The van der Waals surface area contributed by atoms with Crippen LogP contribution in [-0.4, -0.2) is 40.3 Å².